The SMILES string of the molecule is c1ccc2c(c1)Nc1c(ccc3ncoc13)S2. The second kappa shape index (κ2) is 3.28. The van der Waals surface area contributed by atoms with Crippen molar-refractivity contribution < 1.29 is 4.42 Å². The summed E-state index contributed by atoms with van der Waals surface area (Å²) in [6.45, 7) is 0. The maximum absolute atomic E-state index is 5.44. The molecule has 17 heavy (non-hydrogen) atoms. The molecule has 1 N–H and O–H groups in total. The van der Waals surface area contributed by atoms with E-state index in [1.807, 2.05) is 18.2 Å². The van der Waals surface area contributed by atoms with Crippen LogP contribution in [0.4, 0.5) is 11.4 Å². The molecule has 82 valence electrons. The maximum atomic E-state index is 5.44. The highest BCUT2D eigenvalue weighted by molar-refractivity contribution is 7.99. The third kappa shape index (κ3) is 1.27. The van der Waals surface area contributed by atoms with E-state index < -0.39 is 0 Å². The number of fused-ring (bicyclic) bond motifs is 4. The van der Waals surface area contributed by atoms with Crippen LogP contribution in [-0.2, 0) is 0 Å². The lowest BCUT2D eigenvalue weighted by Gasteiger charge is -2.20. The number of aromatic nitrogens is 1. The van der Waals surface area contributed by atoms with Crippen LogP contribution in [-0.4, -0.2) is 4.98 Å². The summed E-state index contributed by atoms with van der Waals surface area (Å²) >= 11 is 1.75. The van der Waals surface area contributed by atoms with Crippen LogP contribution in [0, 0.1) is 0 Å². The molecule has 3 nitrogen and oxygen atoms in total. The van der Waals surface area contributed by atoms with Gasteiger partial charge in [-0.1, -0.05) is 23.9 Å². The summed E-state index contributed by atoms with van der Waals surface area (Å²) in [5.41, 5.74) is 3.85. The van der Waals surface area contributed by atoms with Gasteiger partial charge in [0.25, 0.3) is 0 Å². The summed E-state index contributed by atoms with van der Waals surface area (Å²) < 4.78 is 5.44. The van der Waals surface area contributed by atoms with Gasteiger partial charge in [-0.3, -0.25) is 0 Å². The molecule has 2 aromatic carbocycles. The quantitative estimate of drug-likeness (QED) is 0.503. The highest BCUT2D eigenvalue weighted by Crippen LogP contribution is 2.46. The van der Waals surface area contributed by atoms with Crippen molar-refractivity contribution in [2.24, 2.45) is 0 Å². The van der Waals surface area contributed by atoms with Crippen molar-refractivity contribution in [2.45, 2.75) is 9.79 Å². The van der Waals surface area contributed by atoms with Crippen molar-refractivity contribution in [3.63, 3.8) is 0 Å². The number of anilines is 2. The van der Waals surface area contributed by atoms with Gasteiger partial charge in [0.05, 0.1) is 11.4 Å². The molecular formula is C13H8N2OS. The molecule has 0 radical (unpaired) electrons. The Bertz CT molecular complexity index is 720. The van der Waals surface area contributed by atoms with Crippen LogP contribution in [0.25, 0.3) is 11.1 Å². The van der Waals surface area contributed by atoms with Crippen molar-refractivity contribution in [3.05, 3.63) is 42.8 Å². The average Bonchev–Trinajstić information content (AvgIpc) is 2.85. The molecule has 4 heteroatoms. The Labute approximate surface area is 102 Å². The number of hydrogen-bond donors (Lipinski definition) is 1. The summed E-state index contributed by atoms with van der Waals surface area (Å²) in [7, 11) is 0. The zero-order valence-corrected chi connectivity index (χ0v) is 9.62. The molecule has 0 bridgehead atoms. The monoisotopic (exact) mass is 240 g/mol. The van der Waals surface area contributed by atoms with Crippen LogP contribution in [0.3, 0.4) is 0 Å². The molecule has 0 amide bonds. The van der Waals surface area contributed by atoms with Gasteiger partial charge in [0, 0.05) is 9.79 Å². The minimum absolute atomic E-state index is 0.824. The molecule has 2 heterocycles. The average molecular weight is 240 g/mol. The number of nitrogens with zero attached hydrogens (tertiary/aromatic N) is 1. The Kier molecular flexibility index (Phi) is 1.76. The summed E-state index contributed by atoms with van der Waals surface area (Å²) in [6, 6.07) is 12.3. The van der Waals surface area contributed by atoms with Gasteiger partial charge in [-0.05, 0) is 24.3 Å². The number of benzene rings is 2. The van der Waals surface area contributed by atoms with Crippen LogP contribution in [0.1, 0.15) is 0 Å². The first kappa shape index (κ1) is 9.13. The highest BCUT2D eigenvalue weighted by atomic mass is 32.2. The van der Waals surface area contributed by atoms with Crippen LogP contribution >= 0.6 is 11.8 Å². The van der Waals surface area contributed by atoms with Gasteiger partial charge >= 0.3 is 0 Å². The zero-order valence-electron chi connectivity index (χ0n) is 8.81. The smallest absolute Gasteiger partial charge is 0.182 e. The molecule has 0 unspecified atom stereocenters. The van der Waals surface area contributed by atoms with Crippen LogP contribution < -0.4 is 5.32 Å². The molecule has 0 fully saturated rings. The van der Waals surface area contributed by atoms with Crippen LogP contribution in [0.5, 0.6) is 0 Å². The fourth-order valence-electron chi connectivity index (χ4n) is 2.03. The fraction of sp³-hybridized carbons (Fsp3) is 0. The first-order valence-electron chi connectivity index (χ1n) is 5.32. The molecule has 0 aliphatic carbocycles. The van der Waals surface area contributed by atoms with E-state index in [0.717, 1.165) is 22.5 Å². The number of nitrogens with one attached hydrogen (secondary N) is 1. The lowest BCUT2D eigenvalue weighted by atomic mass is 10.2. The molecule has 1 aromatic heterocycles. The largest absolute Gasteiger partial charge is 0.441 e. The predicted molar refractivity (Wildman–Crippen MR) is 67.9 cm³/mol. The Morgan fingerprint density at radius 2 is 2.00 bits per heavy atom. The van der Waals surface area contributed by atoms with Gasteiger partial charge in [-0.2, -0.15) is 0 Å². The molecule has 3 aromatic rings. The highest BCUT2D eigenvalue weighted by Gasteiger charge is 2.19. The first-order chi connectivity index (χ1) is 8.42. The number of para-hydroxylation sites is 1. The number of rotatable bonds is 0. The molecule has 0 atom stereocenters. The van der Waals surface area contributed by atoms with E-state index in [4.69, 9.17) is 4.42 Å². The topological polar surface area (TPSA) is 38.1 Å². The van der Waals surface area contributed by atoms with Crippen molar-refractivity contribution in [2.75, 3.05) is 5.32 Å². The summed E-state index contributed by atoms with van der Waals surface area (Å²) in [5, 5.41) is 3.42. The molecule has 4 rings (SSSR count). The van der Waals surface area contributed by atoms with Crippen molar-refractivity contribution in [3.8, 4) is 0 Å². The van der Waals surface area contributed by atoms with Crippen molar-refractivity contribution >= 4 is 34.2 Å². The standard InChI is InChI=1S/C13H8N2OS/c1-2-4-10-8(3-1)15-12-11(17-10)6-5-9-13(12)16-7-14-9/h1-7,15H. The Hall–Kier alpha value is -1.94. The fourth-order valence-corrected chi connectivity index (χ4v) is 3.02. The Morgan fingerprint density at radius 3 is 3.00 bits per heavy atom. The van der Waals surface area contributed by atoms with E-state index in [9.17, 15) is 0 Å². The van der Waals surface area contributed by atoms with Gasteiger partial charge in [0.2, 0.25) is 0 Å². The minimum Gasteiger partial charge on any atom is -0.441 e. The molecule has 1 aliphatic rings. The summed E-state index contributed by atoms with van der Waals surface area (Å²) in [6.07, 6.45) is 1.48. The number of oxazole rings is 1. The van der Waals surface area contributed by atoms with Gasteiger partial charge < -0.3 is 9.73 Å². The van der Waals surface area contributed by atoms with Gasteiger partial charge in [-0.15, -0.1) is 0 Å². The third-order valence-electron chi connectivity index (χ3n) is 2.83. The summed E-state index contributed by atoms with van der Waals surface area (Å²) in [5.74, 6) is 0. The van der Waals surface area contributed by atoms with E-state index in [1.165, 1.54) is 16.2 Å². The second-order valence-corrected chi connectivity index (χ2v) is 4.95. The van der Waals surface area contributed by atoms with E-state index in [1.54, 1.807) is 11.8 Å². The maximum Gasteiger partial charge on any atom is 0.182 e. The third-order valence-corrected chi connectivity index (χ3v) is 3.96. The summed E-state index contributed by atoms with van der Waals surface area (Å²) in [4.78, 5) is 6.58. The van der Waals surface area contributed by atoms with E-state index in [0.29, 0.717) is 0 Å². The van der Waals surface area contributed by atoms with Gasteiger partial charge in [0.15, 0.2) is 12.0 Å². The van der Waals surface area contributed by atoms with E-state index in [2.05, 4.69) is 28.5 Å². The van der Waals surface area contributed by atoms with Crippen LogP contribution in [0.2, 0.25) is 0 Å². The van der Waals surface area contributed by atoms with Crippen molar-refractivity contribution in [1.82, 2.24) is 4.98 Å². The zero-order chi connectivity index (χ0) is 11.2. The molecular weight excluding hydrogens is 232 g/mol. The normalized spacial score (nSPS) is 12.9. The Balaban J connectivity index is 1.98. The molecule has 1 aliphatic heterocycles. The lowest BCUT2D eigenvalue weighted by molar-refractivity contribution is 0.602. The van der Waals surface area contributed by atoms with Crippen molar-refractivity contribution in [1.29, 1.82) is 0 Å². The molecule has 0 saturated heterocycles. The van der Waals surface area contributed by atoms with Gasteiger partial charge in [0.1, 0.15) is 5.52 Å². The lowest BCUT2D eigenvalue weighted by Crippen LogP contribution is -1.99. The van der Waals surface area contributed by atoms with E-state index >= 15 is 0 Å². The minimum atomic E-state index is 0.824. The van der Waals surface area contributed by atoms with Gasteiger partial charge in [-0.25, -0.2) is 4.98 Å². The van der Waals surface area contributed by atoms with Crippen LogP contribution in [0.15, 0.2) is 57.0 Å². The Morgan fingerprint density at radius 1 is 1.06 bits per heavy atom. The second-order valence-electron chi connectivity index (χ2n) is 3.86. The molecule has 0 saturated carbocycles. The molecule has 0 spiro atoms. The predicted octanol–water partition coefficient (Wildman–Crippen LogP) is 4.04. The first-order valence-corrected chi connectivity index (χ1v) is 6.13. The van der Waals surface area contributed by atoms with E-state index in [-0.39, 0.29) is 0 Å². The number of hydrogen-bond acceptors (Lipinski definition) is 4.